The molecule has 9 heterocycles. The molecular formula is C50H58N6O3. The highest BCUT2D eigenvalue weighted by Crippen LogP contribution is 2.46. The number of ether oxygens (including phenoxy) is 3. The van der Waals surface area contributed by atoms with Gasteiger partial charge in [0.05, 0.1) is 42.1 Å². The number of pyridine rings is 2. The van der Waals surface area contributed by atoms with E-state index in [1.165, 1.54) is 67.1 Å². The van der Waals surface area contributed by atoms with Crippen molar-refractivity contribution in [1.29, 1.82) is 0 Å². The Morgan fingerprint density at radius 2 is 1.17 bits per heavy atom. The van der Waals surface area contributed by atoms with Crippen molar-refractivity contribution in [3.63, 3.8) is 0 Å². The third-order valence-electron chi connectivity index (χ3n) is 15.0. The molecule has 9 heteroatoms. The third-order valence-corrected chi connectivity index (χ3v) is 15.0. The number of rotatable bonds is 13. The molecule has 12 rings (SSSR count). The minimum absolute atomic E-state index is 0.109. The monoisotopic (exact) mass is 790 g/mol. The van der Waals surface area contributed by atoms with E-state index in [0.717, 1.165) is 76.2 Å². The largest absolute Gasteiger partial charge is 0.497 e. The lowest BCUT2D eigenvalue weighted by molar-refractivity contribution is -0.0177. The highest BCUT2D eigenvalue weighted by atomic mass is 16.5. The lowest BCUT2D eigenvalue weighted by atomic mass is 9.70. The lowest BCUT2D eigenvalue weighted by Gasteiger charge is -2.52. The molecule has 6 fully saturated rings. The van der Waals surface area contributed by atoms with Crippen molar-refractivity contribution >= 4 is 32.6 Å². The zero-order chi connectivity index (χ0) is 40.0. The Labute approximate surface area is 348 Å². The van der Waals surface area contributed by atoms with Gasteiger partial charge in [-0.25, -0.2) is 0 Å². The van der Waals surface area contributed by atoms with Gasteiger partial charge in [0.25, 0.3) is 0 Å². The minimum Gasteiger partial charge on any atom is -0.497 e. The standard InChI is InChI=1S/C50H58N6O3/c1-5-32-27-55-21-17-34(32)24-47(55)43(37-15-19-51-45-13-11-31(3)23-41(37)45)29-58-49-39-9-7-8-10-40(39)50(54-53-49)59-30-44(48-25-35-18-22-56(48)28-33(35)6-2)38-16-20-52-46-14-12-36(57-4)26-42(38)46/h7-16,19-20,23,26,32-35,43-44,47-48H,5-6,17-18,21-22,24-25,27-30H2,1-4H3/t32?,33?,34?,35-,43-,44-,47+,48+/m1/s1. The predicted molar refractivity (Wildman–Crippen MR) is 235 cm³/mol. The summed E-state index contributed by atoms with van der Waals surface area (Å²) in [5, 5.41) is 13.8. The normalized spacial score (nSPS) is 27.3. The van der Waals surface area contributed by atoms with Crippen LogP contribution in [-0.4, -0.2) is 88.6 Å². The number of hydrogen-bond donors (Lipinski definition) is 0. The van der Waals surface area contributed by atoms with Gasteiger partial charge in [-0.05, 0) is 135 Å². The molecule has 0 saturated carbocycles. The summed E-state index contributed by atoms with van der Waals surface area (Å²) in [7, 11) is 1.73. The zero-order valence-corrected chi connectivity index (χ0v) is 35.1. The van der Waals surface area contributed by atoms with E-state index >= 15 is 0 Å². The average molecular weight is 791 g/mol. The fraction of sp³-hybridized carbons (Fsp3) is 0.480. The fourth-order valence-corrected chi connectivity index (χ4v) is 11.7. The zero-order valence-electron chi connectivity index (χ0n) is 35.1. The van der Waals surface area contributed by atoms with Gasteiger partial charge in [-0.15, -0.1) is 10.2 Å². The summed E-state index contributed by atoms with van der Waals surface area (Å²) < 4.78 is 19.5. The van der Waals surface area contributed by atoms with Gasteiger partial charge < -0.3 is 14.2 Å². The van der Waals surface area contributed by atoms with E-state index < -0.39 is 0 Å². The molecule has 0 radical (unpaired) electrons. The first kappa shape index (κ1) is 38.3. The van der Waals surface area contributed by atoms with E-state index in [1.807, 2.05) is 18.5 Å². The van der Waals surface area contributed by atoms with E-state index in [4.69, 9.17) is 34.4 Å². The first-order valence-corrected chi connectivity index (χ1v) is 22.3. The van der Waals surface area contributed by atoms with E-state index in [9.17, 15) is 0 Å². The number of methoxy groups -OCH3 is 1. The predicted octanol–water partition coefficient (Wildman–Crippen LogP) is 9.61. The van der Waals surface area contributed by atoms with Crippen molar-refractivity contribution in [3.05, 3.63) is 102 Å². The minimum atomic E-state index is 0.109. The molecule has 306 valence electrons. The van der Waals surface area contributed by atoms with Gasteiger partial charge in [-0.1, -0.05) is 50.5 Å². The van der Waals surface area contributed by atoms with Crippen LogP contribution in [0.4, 0.5) is 0 Å². The molecule has 6 aliphatic heterocycles. The molecule has 5 unspecified atom stereocenters. The number of benzene rings is 3. The number of nitrogens with zero attached hydrogens (tertiary/aromatic N) is 6. The van der Waals surface area contributed by atoms with Crippen molar-refractivity contribution < 1.29 is 14.2 Å². The van der Waals surface area contributed by atoms with Crippen LogP contribution in [0.3, 0.4) is 0 Å². The van der Waals surface area contributed by atoms with Crippen LogP contribution in [0.15, 0.2) is 85.2 Å². The van der Waals surface area contributed by atoms with Crippen LogP contribution in [0, 0.1) is 30.6 Å². The maximum atomic E-state index is 6.90. The van der Waals surface area contributed by atoms with Crippen molar-refractivity contribution in [2.45, 2.75) is 83.2 Å². The number of fused-ring (bicyclic) bond motifs is 9. The quantitative estimate of drug-likeness (QED) is 0.114. The SMILES string of the molecule is CCC1CN2CCC1C[C@H]2[C@H](COc1nnc(OC[C@H](c2ccnc3ccc(OC)cc23)[C@@H]2C[C@H]3CCN2CC3CC)c2ccccc12)c1ccnc2ccc(C)cc12. The van der Waals surface area contributed by atoms with Crippen LogP contribution in [0.5, 0.6) is 17.5 Å². The summed E-state index contributed by atoms with van der Waals surface area (Å²) in [5.41, 5.74) is 5.81. The molecule has 6 aliphatic rings. The Morgan fingerprint density at radius 1 is 0.644 bits per heavy atom. The highest BCUT2D eigenvalue weighted by Gasteiger charge is 2.45. The van der Waals surface area contributed by atoms with Gasteiger partial charge in [0.1, 0.15) is 5.75 Å². The third kappa shape index (κ3) is 7.18. The Kier molecular flexibility index (Phi) is 10.6. The molecule has 0 spiro atoms. The van der Waals surface area contributed by atoms with E-state index in [2.05, 4.69) is 97.3 Å². The molecule has 3 aromatic carbocycles. The summed E-state index contributed by atoms with van der Waals surface area (Å²) in [6.07, 6.45) is 11.3. The summed E-state index contributed by atoms with van der Waals surface area (Å²) in [4.78, 5) is 15.0. The maximum absolute atomic E-state index is 6.90. The van der Waals surface area contributed by atoms with Crippen molar-refractivity contribution in [2.75, 3.05) is 46.5 Å². The van der Waals surface area contributed by atoms with E-state index in [0.29, 0.717) is 37.1 Å². The first-order valence-electron chi connectivity index (χ1n) is 22.3. The maximum Gasteiger partial charge on any atom is 0.241 e. The number of hydrogen-bond acceptors (Lipinski definition) is 9. The summed E-state index contributed by atoms with van der Waals surface area (Å²) in [6.45, 7) is 12.5. The van der Waals surface area contributed by atoms with Gasteiger partial charge in [0.15, 0.2) is 0 Å². The molecule has 6 saturated heterocycles. The van der Waals surface area contributed by atoms with Crippen LogP contribution in [-0.2, 0) is 0 Å². The van der Waals surface area contributed by atoms with Crippen LogP contribution >= 0.6 is 0 Å². The molecule has 6 aromatic rings. The smallest absolute Gasteiger partial charge is 0.241 e. The lowest BCUT2D eigenvalue weighted by Crippen LogP contribution is -2.55. The van der Waals surface area contributed by atoms with Crippen molar-refractivity contribution in [2.24, 2.45) is 23.7 Å². The fourth-order valence-electron chi connectivity index (χ4n) is 11.7. The van der Waals surface area contributed by atoms with Crippen molar-refractivity contribution in [1.82, 2.24) is 30.0 Å². The van der Waals surface area contributed by atoms with Gasteiger partial charge in [0.2, 0.25) is 11.8 Å². The Hall–Kier alpha value is -4.86. The number of aryl methyl sites for hydroxylation is 1. The first-order chi connectivity index (χ1) is 29.0. The molecule has 10 atom stereocenters. The Balaban J connectivity index is 0.965. The highest BCUT2D eigenvalue weighted by molar-refractivity contribution is 5.90. The molecule has 4 bridgehead atoms. The van der Waals surface area contributed by atoms with E-state index in [-0.39, 0.29) is 11.8 Å². The van der Waals surface area contributed by atoms with Crippen LogP contribution in [0.2, 0.25) is 0 Å². The molecule has 0 aliphatic carbocycles. The Morgan fingerprint density at radius 3 is 1.66 bits per heavy atom. The van der Waals surface area contributed by atoms with Gasteiger partial charge in [0, 0.05) is 60.2 Å². The van der Waals surface area contributed by atoms with Gasteiger partial charge in [-0.2, -0.15) is 0 Å². The van der Waals surface area contributed by atoms with Crippen molar-refractivity contribution in [3.8, 4) is 17.5 Å². The number of aromatic nitrogens is 4. The molecule has 0 amide bonds. The topological polar surface area (TPSA) is 85.7 Å². The van der Waals surface area contributed by atoms with Crippen LogP contribution in [0.1, 0.15) is 80.9 Å². The van der Waals surface area contributed by atoms with Gasteiger partial charge >= 0.3 is 0 Å². The molecule has 9 nitrogen and oxygen atoms in total. The summed E-state index contributed by atoms with van der Waals surface area (Å²) in [6, 6.07) is 26.3. The average Bonchev–Trinajstić information content (AvgIpc) is 3.29. The van der Waals surface area contributed by atoms with Crippen LogP contribution < -0.4 is 14.2 Å². The second-order valence-corrected chi connectivity index (χ2v) is 17.9. The molecular weight excluding hydrogens is 733 g/mol. The second kappa shape index (κ2) is 16.3. The number of piperidine rings is 6. The van der Waals surface area contributed by atoms with E-state index in [1.54, 1.807) is 7.11 Å². The molecule has 0 N–H and O–H groups in total. The van der Waals surface area contributed by atoms with Gasteiger partial charge in [-0.3, -0.25) is 19.8 Å². The van der Waals surface area contributed by atoms with Crippen LogP contribution in [0.25, 0.3) is 32.6 Å². The second-order valence-electron chi connectivity index (χ2n) is 17.9. The molecule has 59 heavy (non-hydrogen) atoms. The Bertz CT molecular complexity index is 2460. The summed E-state index contributed by atoms with van der Waals surface area (Å²) in [5.74, 6) is 5.24. The summed E-state index contributed by atoms with van der Waals surface area (Å²) >= 11 is 0. The molecule has 3 aromatic heterocycles.